The average molecular weight is 453 g/mol. The highest BCUT2D eigenvalue weighted by Gasteiger charge is 2.21. The molecule has 180 valence electrons. The Bertz CT molecular complexity index is 923. The van der Waals surface area contributed by atoms with Gasteiger partial charge < -0.3 is 15.0 Å². The van der Waals surface area contributed by atoms with Crippen molar-refractivity contribution in [3.8, 4) is 0 Å². The van der Waals surface area contributed by atoms with Gasteiger partial charge in [-0.3, -0.25) is 14.7 Å². The van der Waals surface area contributed by atoms with Crippen LogP contribution in [0.15, 0.2) is 36.5 Å². The zero-order valence-electron chi connectivity index (χ0n) is 21.0. The van der Waals surface area contributed by atoms with E-state index in [1.807, 2.05) is 11.0 Å². The molecule has 1 aliphatic heterocycles. The first-order chi connectivity index (χ1) is 15.8. The second-order valence-corrected chi connectivity index (χ2v) is 10.2. The highest BCUT2D eigenvalue weighted by molar-refractivity contribution is 5.81. The van der Waals surface area contributed by atoms with Crippen LogP contribution >= 0.6 is 0 Å². The van der Waals surface area contributed by atoms with Crippen molar-refractivity contribution in [1.29, 1.82) is 0 Å². The summed E-state index contributed by atoms with van der Waals surface area (Å²) in [6.07, 6.45) is 3.74. The summed E-state index contributed by atoms with van der Waals surface area (Å²) in [5.74, 6) is 0.111. The van der Waals surface area contributed by atoms with Crippen LogP contribution in [0.2, 0.25) is 0 Å². The van der Waals surface area contributed by atoms with E-state index < -0.39 is 0 Å². The molecule has 0 spiro atoms. The van der Waals surface area contributed by atoms with Gasteiger partial charge in [-0.1, -0.05) is 39.0 Å². The van der Waals surface area contributed by atoms with Crippen LogP contribution in [0.5, 0.6) is 0 Å². The number of carbonyl (C=O) groups is 1. The highest BCUT2D eigenvalue weighted by atomic mass is 16.5. The van der Waals surface area contributed by atoms with Crippen LogP contribution < -0.4 is 5.32 Å². The van der Waals surface area contributed by atoms with Gasteiger partial charge in [-0.15, -0.1) is 0 Å². The molecule has 1 aromatic heterocycles. The number of nitrogens with one attached hydrogen (secondary N) is 1. The first-order valence-corrected chi connectivity index (χ1v) is 12.0. The smallest absolute Gasteiger partial charge is 0.242 e. The number of pyridine rings is 1. The Labute approximate surface area is 199 Å². The minimum atomic E-state index is 0.111. The van der Waals surface area contributed by atoms with Gasteiger partial charge in [0.15, 0.2) is 0 Å². The zero-order valence-corrected chi connectivity index (χ0v) is 21.0. The number of amides is 1. The second kappa shape index (κ2) is 11.6. The lowest BCUT2D eigenvalue weighted by Gasteiger charge is -2.30. The number of fused-ring (bicyclic) bond motifs is 1. The van der Waals surface area contributed by atoms with E-state index in [1.54, 1.807) is 13.3 Å². The molecule has 1 amide bonds. The van der Waals surface area contributed by atoms with Gasteiger partial charge in [-0.25, -0.2) is 0 Å². The third-order valence-corrected chi connectivity index (χ3v) is 6.33. The molecule has 1 aliphatic rings. The normalized spacial score (nSPS) is 14.1. The zero-order chi connectivity index (χ0) is 23.8. The number of hydrogen-bond acceptors (Lipinski definition) is 5. The number of nitrogens with zero attached hydrogens (tertiary/aromatic N) is 3. The molecule has 6 nitrogen and oxygen atoms in total. The van der Waals surface area contributed by atoms with Gasteiger partial charge in [-0.05, 0) is 54.0 Å². The molecule has 0 bridgehead atoms. The lowest BCUT2D eigenvalue weighted by atomic mass is 9.92. The average Bonchev–Trinajstić information content (AvgIpc) is 2.79. The maximum absolute atomic E-state index is 13.3. The molecule has 33 heavy (non-hydrogen) atoms. The molecule has 0 atom stereocenters. The highest BCUT2D eigenvalue weighted by Crippen LogP contribution is 2.26. The molecule has 0 radical (unpaired) electrons. The molecule has 6 heteroatoms. The number of aryl methyl sites for hydroxylation is 1. The van der Waals surface area contributed by atoms with Crippen molar-refractivity contribution in [2.24, 2.45) is 5.41 Å². The topological polar surface area (TPSA) is 57.7 Å². The number of methoxy groups -OCH3 is 1. The van der Waals surface area contributed by atoms with E-state index in [4.69, 9.17) is 4.74 Å². The van der Waals surface area contributed by atoms with Crippen LogP contribution in [0.4, 0.5) is 5.69 Å². The SMILES string of the molecule is COCCN1CCc2c(cccc2NCC(=O)N(CCC(C)(C)C)Cc2ncccc2C)C1. The van der Waals surface area contributed by atoms with Gasteiger partial charge in [0.1, 0.15) is 0 Å². The first kappa shape index (κ1) is 25.2. The number of carbonyl (C=O) groups excluding carboxylic acids is 1. The number of ether oxygens (including phenoxy) is 1. The summed E-state index contributed by atoms with van der Waals surface area (Å²) in [6.45, 7) is 13.9. The van der Waals surface area contributed by atoms with E-state index in [-0.39, 0.29) is 11.3 Å². The maximum atomic E-state index is 13.3. The summed E-state index contributed by atoms with van der Waals surface area (Å²) in [5.41, 5.74) is 6.00. The summed E-state index contributed by atoms with van der Waals surface area (Å²) in [7, 11) is 1.75. The second-order valence-electron chi connectivity index (χ2n) is 10.2. The minimum Gasteiger partial charge on any atom is -0.383 e. The fourth-order valence-corrected chi connectivity index (χ4v) is 4.15. The Kier molecular flexibility index (Phi) is 8.87. The minimum absolute atomic E-state index is 0.111. The van der Waals surface area contributed by atoms with E-state index >= 15 is 0 Å². The van der Waals surface area contributed by atoms with Gasteiger partial charge >= 0.3 is 0 Å². The standard InChI is InChI=1S/C27H40N4O2/c1-21-8-7-13-28-25(21)20-31(15-12-27(2,3)4)26(32)18-29-24-10-6-9-22-19-30(16-17-33-5)14-11-23(22)24/h6-10,13,29H,11-12,14-20H2,1-5H3. The van der Waals surface area contributed by atoms with Gasteiger partial charge in [0.2, 0.25) is 5.91 Å². The number of anilines is 1. The van der Waals surface area contributed by atoms with Gasteiger partial charge in [0, 0.05) is 45.2 Å². The largest absolute Gasteiger partial charge is 0.383 e. The predicted octanol–water partition coefficient (Wildman–Crippen LogP) is 4.27. The summed E-state index contributed by atoms with van der Waals surface area (Å²) in [5, 5.41) is 3.45. The monoisotopic (exact) mass is 452 g/mol. The van der Waals surface area contributed by atoms with E-state index in [1.165, 1.54) is 11.1 Å². The molecule has 0 aliphatic carbocycles. The van der Waals surface area contributed by atoms with Crippen molar-refractivity contribution in [1.82, 2.24) is 14.8 Å². The van der Waals surface area contributed by atoms with Crippen molar-refractivity contribution in [2.75, 3.05) is 45.2 Å². The van der Waals surface area contributed by atoms with Crippen LogP contribution in [0.25, 0.3) is 0 Å². The van der Waals surface area contributed by atoms with Crippen LogP contribution in [0.1, 0.15) is 49.6 Å². The van der Waals surface area contributed by atoms with Crippen molar-refractivity contribution in [2.45, 2.75) is 53.6 Å². The Balaban J connectivity index is 1.67. The summed E-state index contributed by atoms with van der Waals surface area (Å²) in [6, 6.07) is 10.4. The van der Waals surface area contributed by atoms with Gasteiger partial charge in [0.05, 0.1) is 25.4 Å². The molecule has 1 N–H and O–H groups in total. The van der Waals surface area contributed by atoms with Crippen LogP contribution in [0.3, 0.4) is 0 Å². The predicted molar refractivity (Wildman–Crippen MR) is 134 cm³/mol. The van der Waals surface area contributed by atoms with Crippen LogP contribution in [-0.2, 0) is 29.0 Å². The lowest BCUT2D eigenvalue weighted by molar-refractivity contribution is -0.130. The Hall–Kier alpha value is -2.44. The third-order valence-electron chi connectivity index (χ3n) is 6.33. The number of rotatable bonds is 10. The van der Waals surface area contributed by atoms with Gasteiger partial charge in [0.25, 0.3) is 0 Å². The lowest BCUT2D eigenvalue weighted by Crippen LogP contribution is -2.38. The number of hydrogen-bond donors (Lipinski definition) is 1. The third kappa shape index (κ3) is 7.54. The van der Waals surface area contributed by atoms with E-state index in [0.29, 0.717) is 13.1 Å². The molecule has 3 rings (SSSR count). The Morgan fingerprint density at radius 1 is 1.24 bits per heavy atom. The van der Waals surface area contributed by atoms with Crippen molar-refractivity contribution < 1.29 is 9.53 Å². The molecule has 2 aromatic rings. The van der Waals surface area contributed by atoms with Crippen LogP contribution in [-0.4, -0.2) is 60.6 Å². The van der Waals surface area contributed by atoms with Crippen molar-refractivity contribution in [3.63, 3.8) is 0 Å². The summed E-state index contributed by atoms with van der Waals surface area (Å²) < 4.78 is 5.23. The Morgan fingerprint density at radius 3 is 2.79 bits per heavy atom. The first-order valence-electron chi connectivity index (χ1n) is 12.0. The van der Waals surface area contributed by atoms with Gasteiger partial charge in [-0.2, -0.15) is 0 Å². The molecule has 2 heterocycles. The molecular weight excluding hydrogens is 412 g/mol. The molecule has 1 aromatic carbocycles. The summed E-state index contributed by atoms with van der Waals surface area (Å²) in [4.78, 5) is 22.2. The fraction of sp³-hybridized carbons (Fsp3) is 0.556. The number of aromatic nitrogens is 1. The van der Waals surface area contributed by atoms with Crippen LogP contribution in [0, 0.1) is 12.3 Å². The Morgan fingerprint density at radius 2 is 2.06 bits per heavy atom. The fourth-order valence-electron chi connectivity index (χ4n) is 4.15. The molecule has 0 unspecified atom stereocenters. The van der Waals surface area contributed by atoms with Crippen molar-refractivity contribution >= 4 is 11.6 Å². The van der Waals surface area contributed by atoms with Crippen molar-refractivity contribution in [3.05, 3.63) is 58.9 Å². The molecule has 0 saturated heterocycles. The molecular formula is C27H40N4O2. The molecule has 0 fully saturated rings. The summed E-state index contributed by atoms with van der Waals surface area (Å²) >= 11 is 0. The number of benzene rings is 1. The van der Waals surface area contributed by atoms with E-state index in [0.717, 1.165) is 62.6 Å². The quantitative estimate of drug-likeness (QED) is 0.583. The van der Waals surface area contributed by atoms with E-state index in [9.17, 15) is 4.79 Å². The maximum Gasteiger partial charge on any atom is 0.242 e. The molecule has 0 saturated carbocycles. The van der Waals surface area contributed by atoms with E-state index in [2.05, 4.69) is 67.2 Å².